The van der Waals surface area contributed by atoms with Gasteiger partial charge in [-0.25, -0.2) is 0 Å². The minimum atomic E-state index is -0.816. The first-order chi connectivity index (χ1) is 30.0. The maximum absolute atomic E-state index is 12.8. The zero-order valence-electron chi connectivity index (χ0n) is 39.7. The molecule has 0 N–H and O–H groups in total. The highest BCUT2D eigenvalue weighted by molar-refractivity contribution is 5.71. The van der Waals surface area contributed by atoms with Crippen LogP contribution in [0.1, 0.15) is 226 Å². The number of carbonyl (C=O) groups is 3. The largest absolute Gasteiger partial charge is 0.462 e. The molecular weight excluding hydrogens is 757 g/mol. The highest BCUT2D eigenvalue weighted by Crippen LogP contribution is 2.12. The number of allylic oxidation sites excluding steroid dienone is 14. The first kappa shape index (κ1) is 57.6. The summed E-state index contributed by atoms with van der Waals surface area (Å²) < 4.78 is 16.7. The number of hydrogen-bond donors (Lipinski definition) is 0. The maximum Gasteiger partial charge on any atom is 0.306 e. The molecule has 0 heterocycles. The van der Waals surface area contributed by atoms with Crippen molar-refractivity contribution >= 4 is 17.9 Å². The zero-order valence-corrected chi connectivity index (χ0v) is 39.7. The lowest BCUT2D eigenvalue weighted by atomic mass is 10.1. The van der Waals surface area contributed by atoms with Crippen LogP contribution in [0.5, 0.6) is 0 Å². The molecule has 0 aromatic carbocycles. The average Bonchev–Trinajstić information content (AvgIpc) is 3.26. The molecule has 0 rings (SSSR count). The minimum Gasteiger partial charge on any atom is -0.462 e. The molecule has 348 valence electrons. The van der Waals surface area contributed by atoms with Crippen molar-refractivity contribution in [2.75, 3.05) is 13.2 Å². The van der Waals surface area contributed by atoms with E-state index in [1.54, 1.807) is 0 Å². The van der Waals surface area contributed by atoms with E-state index in [1.165, 1.54) is 83.5 Å². The standard InChI is InChI=1S/C55H92O6/c1-4-7-10-13-16-19-22-24-26-28-30-31-33-36-39-42-45-48-54(57)60-51-52(50-59-53(56)47-44-41-38-35-21-18-15-12-9-6-3)61-55(58)49-46-43-40-37-34-32-29-27-25-23-20-17-14-11-8-5-2/h15-16,18-19,24,26-27,29-32,34,36,39,52H,4-14,17,20-23,25,28,33,35,37-38,40-51H2,1-3H3/b18-15-,19-16-,26-24-,29-27-,31-30-,34-32-,39-36-. The van der Waals surface area contributed by atoms with Crippen LogP contribution < -0.4 is 0 Å². The van der Waals surface area contributed by atoms with Gasteiger partial charge in [0.2, 0.25) is 0 Å². The zero-order chi connectivity index (χ0) is 44.4. The van der Waals surface area contributed by atoms with Crippen LogP contribution in [0.3, 0.4) is 0 Å². The summed E-state index contributed by atoms with van der Waals surface area (Å²) >= 11 is 0. The van der Waals surface area contributed by atoms with Gasteiger partial charge in [0.15, 0.2) is 6.10 Å². The Morgan fingerprint density at radius 3 is 1.20 bits per heavy atom. The summed E-state index contributed by atoms with van der Waals surface area (Å²) in [5, 5.41) is 0. The fraction of sp³-hybridized carbons (Fsp3) is 0.691. The molecule has 0 radical (unpaired) electrons. The van der Waals surface area contributed by atoms with E-state index >= 15 is 0 Å². The smallest absolute Gasteiger partial charge is 0.306 e. The average molecular weight is 849 g/mol. The second-order valence-corrected chi connectivity index (χ2v) is 16.4. The summed E-state index contributed by atoms with van der Waals surface area (Å²) in [6.45, 7) is 6.47. The Bertz CT molecular complexity index is 1200. The van der Waals surface area contributed by atoms with Crippen LogP contribution in [-0.4, -0.2) is 37.2 Å². The van der Waals surface area contributed by atoms with Gasteiger partial charge in [0.1, 0.15) is 13.2 Å². The monoisotopic (exact) mass is 849 g/mol. The van der Waals surface area contributed by atoms with Crippen molar-refractivity contribution in [2.24, 2.45) is 0 Å². The third-order valence-electron chi connectivity index (χ3n) is 10.4. The molecule has 0 fully saturated rings. The van der Waals surface area contributed by atoms with Gasteiger partial charge in [-0.15, -0.1) is 0 Å². The van der Waals surface area contributed by atoms with Crippen molar-refractivity contribution in [1.82, 2.24) is 0 Å². The topological polar surface area (TPSA) is 78.9 Å². The lowest BCUT2D eigenvalue weighted by Crippen LogP contribution is -2.30. The predicted molar refractivity (Wildman–Crippen MR) is 261 cm³/mol. The molecule has 61 heavy (non-hydrogen) atoms. The van der Waals surface area contributed by atoms with E-state index in [0.717, 1.165) is 96.3 Å². The molecule has 6 heteroatoms. The maximum atomic E-state index is 12.8. The lowest BCUT2D eigenvalue weighted by molar-refractivity contribution is -0.167. The molecule has 0 aromatic rings. The van der Waals surface area contributed by atoms with E-state index in [0.29, 0.717) is 12.8 Å². The number of hydrogen-bond acceptors (Lipinski definition) is 6. The molecule has 0 spiro atoms. The van der Waals surface area contributed by atoms with E-state index in [4.69, 9.17) is 14.2 Å². The number of unbranched alkanes of at least 4 members (excludes halogenated alkanes) is 20. The Kier molecular flexibility index (Phi) is 46.5. The Hall–Kier alpha value is -3.41. The van der Waals surface area contributed by atoms with Crippen LogP contribution in [0.4, 0.5) is 0 Å². The Morgan fingerprint density at radius 1 is 0.344 bits per heavy atom. The quantitative estimate of drug-likeness (QED) is 0.0200. The Balaban J connectivity index is 4.51. The van der Waals surface area contributed by atoms with E-state index in [1.807, 2.05) is 0 Å². The summed E-state index contributed by atoms with van der Waals surface area (Å²) in [5.74, 6) is -1.01. The molecule has 0 aliphatic heterocycles. The molecule has 1 unspecified atom stereocenters. The molecule has 6 nitrogen and oxygen atoms in total. The van der Waals surface area contributed by atoms with E-state index < -0.39 is 6.10 Å². The molecule has 0 bridgehead atoms. The minimum absolute atomic E-state index is 0.111. The van der Waals surface area contributed by atoms with Gasteiger partial charge in [-0.05, 0) is 103 Å². The summed E-state index contributed by atoms with van der Waals surface area (Å²) in [7, 11) is 0. The van der Waals surface area contributed by atoms with E-state index in [2.05, 4.69) is 106 Å². The van der Waals surface area contributed by atoms with Gasteiger partial charge >= 0.3 is 17.9 Å². The normalized spacial score (nSPS) is 12.8. The Morgan fingerprint density at radius 2 is 0.672 bits per heavy atom. The van der Waals surface area contributed by atoms with Crippen molar-refractivity contribution in [3.8, 4) is 0 Å². The SMILES string of the molecule is CCCC/C=C\CCCCCCC(=O)OCC(COC(=O)CCC/C=C\C/C=C\C/C=C\C/C=C\CCCCC)OC(=O)CCCCC/C=C\C=C/CCCCCCCCC. The summed E-state index contributed by atoms with van der Waals surface area (Å²) in [5.41, 5.74) is 0. The van der Waals surface area contributed by atoms with Gasteiger partial charge in [0.05, 0.1) is 0 Å². The van der Waals surface area contributed by atoms with Gasteiger partial charge < -0.3 is 14.2 Å². The van der Waals surface area contributed by atoms with Crippen LogP contribution in [-0.2, 0) is 28.6 Å². The van der Waals surface area contributed by atoms with Crippen LogP contribution in [0.25, 0.3) is 0 Å². The number of ether oxygens (including phenoxy) is 3. The highest BCUT2D eigenvalue weighted by atomic mass is 16.6. The summed E-state index contributed by atoms with van der Waals surface area (Å²) in [4.78, 5) is 37.8. The molecule has 0 saturated carbocycles. The fourth-order valence-corrected chi connectivity index (χ4v) is 6.52. The van der Waals surface area contributed by atoms with Crippen molar-refractivity contribution in [2.45, 2.75) is 232 Å². The number of esters is 3. The highest BCUT2D eigenvalue weighted by Gasteiger charge is 2.19. The molecule has 0 aliphatic carbocycles. The van der Waals surface area contributed by atoms with Gasteiger partial charge in [0, 0.05) is 19.3 Å². The van der Waals surface area contributed by atoms with Gasteiger partial charge in [-0.3, -0.25) is 14.4 Å². The van der Waals surface area contributed by atoms with E-state index in [9.17, 15) is 14.4 Å². The Labute approximate surface area is 375 Å². The number of carbonyl (C=O) groups excluding carboxylic acids is 3. The third kappa shape index (κ3) is 47.5. The van der Waals surface area contributed by atoms with Crippen LogP contribution in [0.15, 0.2) is 85.1 Å². The first-order valence-corrected chi connectivity index (χ1v) is 25.1. The van der Waals surface area contributed by atoms with Crippen LogP contribution in [0.2, 0.25) is 0 Å². The summed E-state index contributed by atoms with van der Waals surface area (Å²) in [6, 6.07) is 0. The van der Waals surface area contributed by atoms with Crippen molar-refractivity contribution in [3.63, 3.8) is 0 Å². The van der Waals surface area contributed by atoms with Gasteiger partial charge in [-0.1, -0.05) is 189 Å². The van der Waals surface area contributed by atoms with Crippen LogP contribution >= 0.6 is 0 Å². The van der Waals surface area contributed by atoms with Crippen LogP contribution in [0, 0.1) is 0 Å². The van der Waals surface area contributed by atoms with Gasteiger partial charge in [0.25, 0.3) is 0 Å². The third-order valence-corrected chi connectivity index (χ3v) is 10.4. The second-order valence-electron chi connectivity index (χ2n) is 16.4. The lowest BCUT2D eigenvalue weighted by Gasteiger charge is -2.18. The second kappa shape index (κ2) is 49.2. The molecule has 1 atom stereocenters. The van der Waals surface area contributed by atoms with E-state index in [-0.39, 0.29) is 44.0 Å². The molecule has 0 aliphatic rings. The molecule has 0 aromatic heterocycles. The van der Waals surface area contributed by atoms with Gasteiger partial charge in [-0.2, -0.15) is 0 Å². The van der Waals surface area contributed by atoms with Crippen molar-refractivity contribution in [1.29, 1.82) is 0 Å². The molecule has 0 saturated heterocycles. The molecular formula is C55H92O6. The van der Waals surface area contributed by atoms with Crippen molar-refractivity contribution < 1.29 is 28.6 Å². The number of rotatable bonds is 44. The first-order valence-electron chi connectivity index (χ1n) is 25.1. The van der Waals surface area contributed by atoms with Crippen molar-refractivity contribution in [3.05, 3.63) is 85.1 Å². The summed E-state index contributed by atoms with van der Waals surface area (Å²) in [6.07, 6.45) is 62.9. The predicted octanol–water partition coefficient (Wildman–Crippen LogP) is 16.4. The fourth-order valence-electron chi connectivity index (χ4n) is 6.52. The molecule has 0 amide bonds.